The van der Waals surface area contributed by atoms with Crippen LogP contribution in [0.2, 0.25) is 0 Å². The van der Waals surface area contributed by atoms with Crippen LogP contribution in [0.3, 0.4) is 0 Å². The van der Waals surface area contributed by atoms with Crippen LogP contribution in [0.4, 0.5) is 0 Å². The Morgan fingerprint density at radius 3 is 3.05 bits per heavy atom. The Morgan fingerprint density at radius 2 is 2.26 bits per heavy atom. The minimum Gasteiger partial charge on any atom is -0.354 e. The second-order valence-electron chi connectivity index (χ2n) is 4.56. The van der Waals surface area contributed by atoms with Crippen LogP contribution in [0.15, 0.2) is 36.9 Å². The molecule has 0 bridgehead atoms. The lowest BCUT2D eigenvalue weighted by Crippen LogP contribution is -2.48. The van der Waals surface area contributed by atoms with Crippen LogP contribution < -0.4 is 10.6 Å². The van der Waals surface area contributed by atoms with E-state index in [0.717, 1.165) is 31.0 Å². The molecule has 0 radical (unpaired) electrons. The first kappa shape index (κ1) is 14.2. The average Bonchev–Trinajstić information content (AvgIpc) is 2.46. The van der Waals surface area contributed by atoms with Crippen molar-refractivity contribution in [2.24, 2.45) is 0 Å². The van der Waals surface area contributed by atoms with Gasteiger partial charge in [0.15, 0.2) is 0 Å². The van der Waals surface area contributed by atoms with E-state index in [1.165, 1.54) is 11.1 Å². The third-order valence-electron chi connectivity index (χ3n) is 3.18. The van der Waals surface area contributed by atoms with Crippen molar-refractivity contribution in [2.45, 2.75) is 19.0 Å². The number of nitrogens with one attached hydrogen (secondary N) is 2. The first-order valence-corrected chi connectivity index (χ1v) is 7.73. The zero-order chi connectivity index (χ0) is 13.5. The van der Waals surface area contributed by atoms with Crippen molar-refractivity contribution in [3.63, 3.8) is 0 Å². The SMILES string of the molecule is C=CCSCCNC(=O)C1Cc2ccccc2CN1. The van der Waals surface area contributed by atoms with Crippen molar-refractivity contribution >= 4 is 17.7 Å². The maximum Gasteiger partial charge on any atom is 0.237 e. The van der Waals surface area contributed by atoms with Crippen molar-refractivity contribution in [3.05, 3.63) is 48.0 Å². The summed E-state index contributed by atoms with van der Waals surface area (Å²) in [6.45, 7) is 5.17. The molecule has 1 aliphatic rings. The van der Waals surface area contributed by atoms with Crippen molar-refractivity contribution < 1.29 is 4.79 Å². The van der Waals surface area contributed by atoms with E-state index in [4.69, 9.17) is 0 Å². The van der Waals surface area contributed by atoms with Crippen molar-refractivity contribution in [3.8, 4) is 0 Å². The molecule has 102 valence electrons. The lowest BCUT2D eigenvalue weighted by atomic mass is 9.95. The molecule has 2 N–H and O–H groups in total. The van der Waals surface area contributed by atoms with Gasteiger partial charge in [-0.3, -0.25) is 4.79 Å². The van der Waals surface area contributed by atoms with Gasteiger partial charge in [0.2, 0.25) is 5.91 Å². The van der Waals surface area contributed by atoms with Crippen LogP contribution >= 0.6 is 11.8 Å². The molecule has 19 heavy (non-hydrogen) atoms. The number of amides is 1. The minimum atomic E-state index is -0.0979. The van der Waals surface area contributed by atoms with Gasteiger partial charge in [-0.05, 0) is 17.5 Å². The van der Waals surface area contributed by atoms with Crippen molar-refractivity contribution in [2.75, 3.05) is 18.1 Å². The number of thioether (sulfide) groups is 1. The number of hydrogen-bond donors (Lipinski definition) is 2. The largest absolute Gasteiger partial charge is 0.354 e. The highest BCUT2D eigenvalue weighted by atomic mass is 32.2. The Hall–Kier alpha value is -1.26. The normalized spacial score (nSPS) is 17.6. The number of carbonyl (C=O) groups excluding carboxylic acids is 1. The van der Waals surface area contributed by atoms with Crippen molar-refractivity contribution in [1.29, 1.82) is 0 Å². The van der Waals surface area contributed by atoms with E-state index in [2.05, 4.69) is 29.3 Å². The maximum atomic E-state index is 12.0. The standard InChI is InChI=1S/C15H20N2OS/c1-2-8-19-9-7-16-15(18)14-10-12-5-3-4-6-13(12)11-17-14/h2-6,14,17H,1,7-11H2,(H,16,18). The Balaban J connectivity index is 1.77. The van der Waals surface area contributed by atoms with Crippen LogP contribution in [-0.2, 0) is 17.8 Å². The number of benzene rings is 1. The molecule has 1 heterocycles. The average molecular weight is 276 g/mol. The van der Waals surface area contributed by atoms with Crippen molar-refractivity contribution in [1.82, 2.24) is 10.6 Å². The van der Waals surface area contributed by atoms with Crippen LogP contribution in [0.1, 0.15) is 11.1 Å². The Labute approximate surface area is 118 Å². The summed E-state index contributed by atoms with van der Waals surface area (Å²) < 4.78 is 0. The van der Waals surface area contributed by atoms with E-state index in [1.54, 1.807) is 11.8 Å². The summed E-state index contributed by atoms with van der Waals surface area (Å²) in [4.78, 5) is 12.0. The van der Waals surface area contributed by atoms with Gasteiger partial charge in [-0.1, -0.05) is 30.3 Å². The summed E-state index contributed by atoms with van der Waals surface area (Å²) in [6.07, 6.45) is 2.66. The molecule has 2 rings (SSSR count). The van der Waals surface area contributed by atoms with Crippen LogP contribution in [0, 0.1) is 0 Å². The van der Waals surface area contributed by atoms with E-state index >= 15 is 0 Å². The molecule has 1 unspecified atom stereocenters. The van der Waals surface area contributed by atoms with E-state index in [1.807, 2.05) is 18.2 Å². The monoisotopic (exact) mass is 276 g/mol. The highest BCUT2D eigenvalue weighted by Gasteiger charge is 2.23. The van der Waals surface area contributed by atoms with E-state index in [0.29, 0.717) is 0 Å². The Kier molecular flexibility index (Phi) is 5.48. The topological polar surface area (TPSA) is 41.1 Å². The van der Waals surface area contributed by atoms with Gasteiger partial charge >= 0.3 is 0 Å². The van der Waals surface area contributed by atoms with Gasteiger partial charge in [0.1, 0.15) is 0 Å². The predicted molar refractivity (Wildman–Crippen MR) is 81.3 cm³/mol. The van der Waals surface area contributed by atoms with Crippen LogP contribution in [-0.4, -0.2) is 30.0 Å². The van der Waals surface area contributed by atoms with Gasteiger partial charge < -0.3 is 10.6 Å². The number of rotatable bonds is 6. The fraction of sp³-hybridized carbons (Fsp3) is 0.400. The van der Waals surface area contributed by atoms with Gasteiger partial charge in [-0.2, -0.15) is 11.8 Å². The second-order valence-corrected chi connectivity index (χ2v) is 5.71. The molecular formula is C15H20N2OS. The van der Waals surface area contributed by atoms with E-state index in [-0.39, 0.29) is 11.9 Å². The first-order chi connectivity index (χ1) is 9.31. The van der Waals surface area contributed by atoms with E-state index < -0.39 is 0 Å². The lowest BCUT2D eigenvalue weighted by Gasteiger charge is -2.25. The van der Waals surface area contributed by atoms with Gasteiger partial charge in [0.25, 0.3) is 0 Å². The molecule has 1 amide bonds. The molecule has 0 aliphatic carbocycles. The zero-order valence-electron chi connectivity index (χ0n) is 11.0. The molecule has 4 heteroatoms. The molecular weight excluding hydrogens is 256 g/mol. The predicted octanol–water partition coefficient (Wildman–Crippen LogP) is 1.74. The van der Waals surface area contributed by atoms with Crippen LogP contribution in [0.25, 0.3) is 0 Å². The molecule has 0 aromatic heterocycles. The maximum absolute atomic E-state index is 12.0. The first-order valence-electron chi connectivity index (χ1n) is 6.58. The third-order valence-corrected chi connectivity index (χ3v) is 4.14. The molecule has 0 fully saturated rings. The molecule has 1 aromatic carbocycles. The molecule has 0 spiro atoms. The molecule has 3 nitrogen and oxygen atoms in total. The van der Waals surface area contributed by atoms with Gasteiger partial charge in [-0.15, -0.1) is 6.58 Å². The summed E-state index contributed by atoms with van der Waals surface area (Å²) in [7, 11) is 0. The summed E-state index contributed by atoms with van der Waals surface area (Å²) in [5, 5.41) is 6.28. The summed E-state index contributed by atoms with van der Waals surface area (Å²) >= 11 is 1.78. The zero-order valence-corrected chi connectivity index (χ0v) is 11.8. The molecule has 1 atom stereocenters. The van der Waals surface area contributed by atoms with Crippen LogP contribution in [0.5, 0.6) is 0 Å². The minimum absolute atomic E-state index is 0.0979. The number of fused-ring (bicyclic) bond motifs is 1. The fourth-order valence-corrected chi connectivity index (χ4v) is 2.76. The van der Waals surface area contributed by atoms with Gasteiger partial charge in [0, 0.05) is 24.6 Å². The number of hydrogen-bond acceptors (Lipinski definition) is 3. The third kappa shape index (κ3) is 4.11. The molecule has 1 aliphatic heterocycles. The molecule has 0 saturated heterocycles. The van der Waals surface area contributed by atoms with Gasteiger partial charge in [0.05, 0.1) is 6.04 Å². The number of carbonyl (C=O) groups is 1. The second kappa shape index (κ2) is 7.36. The summed E-state index contributed by atoms with van der Waals surface area (Å²) in [5.41, 5.74) is 2.58. The van der Waals surface area contributed by atoms with E-state index in [9.17, 15) is 4.79 Å². The van der Waals surface area contributed by atoms with Gasteiger partial charge in [-0.25, -0.2) is 0 Å². The molecule has 0 saturated carbocycles. The summed E-state index contributed by atoms with van der Waals surface area (Å²) in [5.74, 6) is 1.97. The highest BCUT2D eigenvalue weighted by molar-refractivity contribution is 7.99. The Bertz CT molecular complexity index is 448. The smallest absolute Gasteiger partial charge is 0.237 e. The lowest BCUT2D eigenvalue weighted by molar-refractivity contribution is -0.123. The summed E-state index contributed by atoms with van der Waals surface area (Å²) in [6, 6.07) is 8.20. The molecule has 1 aromatic rings. The Morgan fingerprint density at radius 1 is 1.47 bits per heavy atom. The highest BCUT2D eigenvalue weighted by Crippen LogP contribution is 2.16. The quantitative estimate of drug-likeness (QED) is 0.614. The fourth-order valence-electron chi connectivity index (χ4n) is 2.18.